The predicted octanol–water partition coefficient (Wildman–Crippen LogP) is 5.88. The maximum absolute atomic E-state index is 12.2. The van der Waals surface area contributed by atoms with E-state index in [0.29, 0.717) is 0 Å². The van der Waals surface area contributed by atoms with Gasteiger partial charge in [0.2, 0.25) is 0 Å². The second kappa shape index (κ2) is 9.77. The van der Waals surface area contributed by atoms with Crippen molar-refractivity contribution in [2.24, 2.45) is 11.5 Å². The molecule has 4 atom stereocenters. The quantitative estimate of drug-likeness (QED) is 0.533. The van der Waals surface area contributed by atoms with Crippen molar-refractivity contribution in [1.29, 1.82) is 0 Å². The summed E-state index contributed by atoms with van der Waals surface area (Å²) in [6, 6.07) is 10.8. The second-order valence-corrected chi connectivity index (χ2v) is 7.25. The third-order valence-corrected chi connectivity index (χ3v) is 5.01. The Labute approximate surface area is 182 Å². The Bertz CT molecular complexity index is 737. The van der Waals surface area contributed by atoms with Crippen molar-refractivity contribution in [2.45, 2.75) is 49.1 Å². The molecule has 2 aliphatic carbocycles. The zero-order chi connectivity index (χ0) is 20.7. The molecule has 0 spiro atoms. The highest BCUT2D eigenvalue weighted by atomic mass is 35.5. The average Bonchev–Trinajstić information content (AvgIpc) is 3.52. The highest BCUT2D eigenvalue weighted by molar-refractivity contribution is 5.85. The van der Waals surface area contributed by atoms with Gasteiger partial charge in [0, 0.05) is 23.9 Å². The molecule has 10 heteroatoms. The van der Waals surface area contributed by atoms with Crippen molar-refractivity contribution in [3.8, 4) is 0 Å². The van der Waals surface area contributed by atoms with Crippen LogP contribution in [0.25, 0.3) is 0 Å². The maximum atomic E-state index is 12.2. The highest BCUT2D eigenvalue weighted by Gasteiger charge is 2.37. The van der Waals surface area contributed by atoms with E-state index in [2.05, 4.69) is 0 Å². The van der Waals surface area contributed by atoms with E-state index >= 15 is 0 Å². The number of halogens is 8. The summed E-state index contributed by atoms with van der Waals surface area (Å²) in [6.45, 7) is 0. The summed E-state index contributed by atoms with van der Waals surface area (Å²) in [7, 11) is 0. The Balaban J connectivity index is 0.000000281. The summed E-state index contributed by atoms with van der Waals surface area (Å²) in [5.41, 5.74) is 11.8. The minimum absolute atomic E-state index is 0. The molecule has 0 aliphatic heterocycles. The van der Waals surface area contributed by atoms with Gasteiger partial charge in [-0.1, -0.05) is 24.3 Å². The van der Waals surface area contributed by atoms with Crippen molar-refractivity contribution in [2.75, 3.05) is 0 Å². The van der Waals surface area contributed by atoms with Crippen LogP contribution < -0.4 is 11.5 Å². The molecular weight excluding hydrogens is 453 g/mol. The van der Waals surface area contributed by atoms with Gasteiger partial charge in [0.15, 0.2) is 0 Å². The maximum Gasteiger partial charge on any atom is 0.416 e. The van der Waals surface area contributed by atoms with Crippen LogP contribution in [0.3, 0.4) is 0 Å². The number of hydrogen-bond donors (Lipinski definition) is 2. The molecule has 2 saturated carbocycles. The summed E-state index contributed by atoms with van der Waals surface area (Å²) in [6.07, 6.45) is -6.73. The third kappa shape index (κ3) is 6.77. The van der Waals surface area contributed by atoms with Crippen LogP contribution in [-0.2, 0) is 12.4 Å². The summed E-state index contributed by atoms with van der Waals surface area (Å²) >= 11 is 0. The van der Waals surface area contributed by atoms with Crippen molar-refractivity contribution in [1.82, 2.24) is 0 Å². The molecule has 2 aromatic rings. The first-order chi connectivity index (χ1) is 13.0. The van der Waals surface area contributed by atoms with Gasteiger partial charge >= 0.3 is 12.4 Å². The molecule has 2 aliphatic rings. The molecule has 0 bridgehead atoms. The van der Waals surface area contributed by atoms with Crippen molar-refractivity contribution >= 4 is 24.8 Å². The van der Waals surface area contributed by atoms with Crippen LogP contribution in [0.1, 0.15) is 46.9 Å². The van der Waals surface area contributed by atoms with Gasteiger partial charge in [-0.25, -0.2) is 0 Å². The van der Waals surface area contributed by atoms with Gasteiger partial charge in [0.05, 0.1) is 11.1 Å². The SMILES string of the molecule is Cl.Cl.N[C@@H]1C[C@H]1c1ccc(C(F)(F)F)cc1.N[C@H]1C[C@@H]1c1ccc(C(F)(F)F)cc1. The Kier molecular flexibility index (Phi) is 8.64. The zero-order valence-corrected chi connectivity index (χ0v) is 17.2. The molecule has 0 radical (unpaired) electrons. The van der Waals surface area contributed by atoms with Gasteiger partial charge in [-0.15, -0.1) is 24.8 Å². The molecule has 0 saturated heterocycles. The van der Waals surface area contributed by atoms with E-state index in [0.717, 1.165) is 48.2 Å². The van der Waals surface area contributed by atoms with Crippen molar-refractivity contribution in [3.63, 3.8) is 0 Å². The number of rotatable bonds is 2. The first-order valence-corrected chi connectivity index (χ1v) is 8.82. The van der Waals surface area contributed by atoms with E-state index < -0.39 is 23.5 Å². The molecule has 0 aromatic heterocycles. The molecule has 0 amide bonds. The molecule has 30 heavy (non-hydrogen) atoms. The van der Waals surface area contributed by atoms with Crippen LogP contribution in [0, 0.1) is 0 Å². The predicted molar refractivity (Wildman–Crippen MR) is 108 cm³/mol. The molecule has 2 aromatic carbocycles. The third-order valence-electron chi connectivity index (χ3n) is 5.01. The summed E-state index contributed by atoms with van der Waals surface area (Å²) in [5.74, 6) is 0.523. The fourth-order valence-corrected chi connectivity index (χ4v) is 3.03. The monoisotopic (exact) mass is 474 g/mol. The Hall–Kier alpha value is -1.48. The number of benzene rings is 2. The first kappa shape index (κ1) is 26.6. The number of alkyl halides is 6. The van der Waals surface area contributed by atoms with Crippen LogP contribution in [0.2, 0.25) is 0 Å². The van der Waals surface area contributed by atoms with E-state index in [1.807, 2.05) is 0 Å². The van der Waals surface area contributed by atoms with Gasteiger partial charge in [-0.3, -0.25) is 0 Å². The normalized spacial score (nSPS) is 24.5. The first-order valence-electron chi connectivity index (χ1n) is 8.82. The van der Waals surface area contributed by atoms with Crippen LogP contribution in [-0.4, -0.2) is 12.1 Å². The molecule has 0 unspecified atom stereocenters. The van der Waals surface area contributed by atoms with Gasteiger partial charge in [-0.2, -0.15) is 26.3 Å². The Morgan fingerprint density at radius 1 is 0.567 bits per heavy atom. The molecule has 2 fully saturated rings. The molecule has 4 rings (SSSR count). The Morgan fingerprint density at radius 2 is 0.800 bits per heavy atom. The van der Waals surface area contributed by atoms with Gasteiger partial charge < -0.3 is 11.5 Å². The molecule has 168 valence electrons. The van der Waals surface area contributed by atoms with Crippen LogP contribution >= 0.6 is 24.8 Å². The van der Waals surface area contributed by atoms with E-state index in [9.17, 15) is 26.3 Å². The van der Waals surface area contributed by atoms with E-state index in [-0.39, 0.29) is 48.7 Å². The minimum atomic E-state index is -4.25. The largest absolute Gasteiger partial charge is 0.416 e. The van der Waals surface area contributed by atoms with Crippen LogP contribution in [0.15, 0.2) is 48.5 Å². The van der Waals surface area contributed by atoms with Crippen molar-refractivity contribution < 1.29 is 26.3 Å². The molecule has 0 heterocycles. The van der Waals surface area contributed by atoms with E-state index in [4.69, 9.17) is 11.5 Å². The highest BCUT2D eigenvalue weighted by Crippen LogP contribution is 2.41. The van der Waals surface area contributed by atoms with E-state index in [1.165, 1.54) is 24.3 Å². The van der Waals surface area contributed by atoms with Crippen molar-refractivity contribution in [3.05, 3.63) is 70.8 Å². The zero-order valence-electron chi connectivity index (χ0n) is 15.6. The lowest BCUT2D eigenvalue weighted by atomic mass is 10.1. The summed E-state index contributed by atoms with van der Waals surface area (Å²) in [4.78, 5) is 0. The topological polar surface area (TPSA) is 52.0 Å². The van der Waals surface area contributed by atoms with Crippen LogP contribution in [0.4, 0.5) is 26.3 Å². The molecule has 2 nitrogen and oxygen atoms in total. The molecular formula is C20H22Cl2F6N2. The van der Waals surface area contributed by atoms with Crippen LogP contribution in [0.5, 0.6) is 0 Å². The van der Waals surface area contributed by atoms with E-state index in [1.54, 1.807) is 0 Å². The lowest BCUT2D eigenvalue weighted by Crippen LogP contribution is -2.05. The minimum Gasteiger partial charge on any atom is -0.327 e. The number of hydrogen-bond acceptors (Lipinski definition) is 2. The van der Waals surface area contributed by atoms with Gasteiger partial charge in [0.1, 0.15) is 0 Å². The Morgan fingerprint density at radius 3 is 0.967 bits per heavy atom. The fourth-order valence-electron chi connectivity index (χ4n) is 3.03. The molecule has 4 N–H and O–H groups in total. The summed E-state index contributed by atoms with van der Waals surface area (Å²) < 4.78 is 73.1. The smallest absolute Gasteiger partial charge is 0.327 e. The van der Waals surface area contributed by atoms with Gasteiger partial charge in [-0.05, 0) is 48.2 Å². The lowest BCUT2D eigenvalue weighted by Gasteiger charge is -2.06. The number of nitrogens with two attached hydrogens (primary N) is 2. The summed E-state index contributed by atoms with van der Waals surface area (Å²) in [5, 5.41) is 0. The van der Waals surface area contributed by atoms with Gasteiger partial charge in [0.25, 0.3) is 0 Å². The lowest BCUT2D eigenvalue weighted by molar-refractivity contribution is -0.138. The second-order valence-electron chi connectivity index (χ2n) is 7.25. The average molecular weight is 475 g/mol. The standard InChI is InChI=1S/2C10H10F3N.2ClH/c2*11-10(12,13)7-3-1-6(2-4-7)8-5-9(8)14;;/h2*1-4,8-9H,5,14H2;2*1H/t2*8-,9+;;/m10../s1. The fraction of sp³-hybridized carbons (Fsp3) is 0.400.